The normalized spacial score (nSPS) is 10.8. The smallest absolute Gasteiger partial charge is 0.259 e. The van der Waals surface area contributed by atoms with E-state index < -0.39 is 0 Å². The molecule has 0 spiro atoms. The third kappa shape index (κ3) is 3.39. The number of hydrogen-bond donors (Lipinski definition) is 0. The van der Waals surface area contributed by atoms with Gasteiger partial charge in [-0.25, -0.2) is 4.39 Å². The molecule has 0 atom stereocenters. The van der Waals surface area contributed by atoms with Crippen LogP contribution >= 0.6 is 11.8 Å². The number of hydrogen-bond acceptors (Lipinski definition) is 4. The number of aromatic nitrogens is 2. The maximum atomic E-state index is 14.0. The molecule has 0 aliphatic rings. The third-order valence-corrected chi connectivity index (χ3v) is 4.99. The molecule has 0 aliphatic heterocycles. The molecule has 128 valence electrons. The largest absolute Gasteiger partial charge is 0.334 e. The highest BCUT2D eigenvalue weighted by molar-refractivity contribution is 7.99. The zero-order chi connectivity index (χ0) is 17.9. The second-order valence-electron chi connectivity index (χ2n) is 5.81. The molecule has 0 saturated carbocycles. The Morgan fingerprint density at radius 1 is 0.846 bits per heavy atom. The minimum atomic E-state index is -0.373. The molecule has 1 heterocycles. The van der Waals surface area contributed by atoms with Gasteiger partial charge in [0.05, 0.1) is 11.1 Å². The van der Waals surface area contributed by atoms with Crippen molar-refractivity contribution in [2.24, 2.45) is 0 Å². The van der Waals surface area contributed by atoms with E-state index in [1.54, 1.807) is 30.0 Å². The molecule has 0 bridgehead atoms. The lowest BCUT2D eigenvalue weighted by Crippen LogP contribution is -1.86. The van der Waals surface area contributed by atoms with Gasteiger partial charge in [0.15, 0.2) is 0 Å². The molecule has 0 unspecified atom stereocenters. The van der Waals surface area contributed by atoms with E-state index in [2.05, 4.69) is 41.3 Å². The van der Waals surface area contributed by atoms with Gasteiger partial charge in [0.2, 0.25) is 5.82 Å². The molecule has 0 fully saturated rings. The molecular formula is C21H15FN2OS. The van der Waals surface area contributed by atoms with Crippen molar-refractivity contribution in [3.05, 3.63) is 84.2 Å². The first kappa shape index (κ1) is 16.5. The Morgan fingerprint density at radius 2 is 1.54 bits per heavy atom. The summed E-state index contributed by atoms with van der Waals surface area (Å²) in [6, 6.07) is 22.5. The maximum Gasteiger partial charge on any atom is 0.259 e. The molecule has 0 saturated heterocycles. The molecule has 5 heteroatoms. The number of rotatable bonds is 4. The van der Waals surface area contributed by atoms with Crippen LogP contribution in [0.5, 0.6) is 0 Å². The SMILES string of the molecule is Cc1ccc(Sc2ccccc2-c2nc(-c3ccccc3F)no2)cc1. The van der Waals surface area contributed by atoms with Gasteiger partial charge in [0.25, 0.3) is 5.89 Å². The summed E-state index contributed by atoms with van der Waals surface area (Å²) in [6.45, 7) is 2.06. The fourth-order valence-electron chi connectivity index (χ4n) is 2.55. The van der Waals surface area contributed by atoms with Crippen molar-refractivity contribution < 1.29 is 8.91 Å². The number of nitrogens with zero attached hydrogens (tertiary/aromatic N) is 2. The molecule has 0 N–H and O–H groups in total. The maximum absolute atomic E-state index is 14.0. The molecule has 3 aromatic carbocycles. The predicted octanol–water partition coefficient (Wildman–Crippen LogP) is 6.00. The molecule has 26 heavy (non-hydrogen) atoms. The van der Waals surface area contributed by atoms with Gasteiger partial charge in [0, 0.05) is 9.79 Å². The lowest BCUT2D eigenvalue weighted by molar-refractivity contribution is 0.431. The fraction of sp³-hybridized carbons (Fsp3) is 0.0476. The van der Waals surface area contributed by atoms with Gasteiger partial charge in [-0.05, 0) is 43.3 Å². The minimum Gasteiger partial charge on any atom is -0.334 e. The van der Waals surface area contributed by atoms with E-state index in [9.17, 15) is 4.39 Å². The monoisotopic (exact) mass is 362 g/mol. The quantitative estimate of drug-likeness (QED) is 0.446. The van der Waals surface area contributed by atoms with Crippen LogP contribution in [0.2, 0.25) is 0 Å². The number of benzene rings is 3. The van der Waals surface area contributed by atoms with Gasteiger partial charge in [-0.3, -0.25) is 0 Å². The molecule has 1 aromatic heterocycles. The van der Waals surface area contributed by atoms with E-state index in [0.29, 0.717) is 11.5 Å². The van der Waals surface area contributed by atoms with Crippen LogP contribution in [0.1, 0.15) is 5.56 Å². The van der Waals surface area contributed by atoms with Crippen molar-refractivity contribution in [1.82, 2.24) is 10.1 Å². The topological polar surface area (TPSA) is 38.9 Å². The zero-order valence-electron chi connectivity index (χ0n) is 14.0. The van der Waals surface area contributed by atoms with Crippen LogP contribution in [0.15, 0.2) is 87.1 Å². The Labute approximate surface area is 154 Å². The van der Waals surface area contributed by atoms with Crippen molar-refractivity contribution in [2.45, 2.75) is 16.7 Å². The van der Waals surface area contributed by atoms with E-state index in [0.717, 1.165) is 15.4 Å². The van der Waals surface area contributed by atoms with Gasteiger partial charge in [-0.1, -0.05) is 58.9 Å². The summed E-state index contributed by atoms with van der Waals surface area (Å²) < 4.78 is 19.4. The molecule has 0 aliphatic carbocycles. The Morgan fingerprint density at radius 3 is 2.31 bits per heavy atom. The second kappa shape index (κ2) is 7.14. The molecule has 0 radical (unpaired) electrons. The van der Waals surface area contributed by atoms with Gasteiger partial charge in [-0.2, -0.15) is 4.98 Å². The lowest BCUT2D eigenvalue weighted by Gasteiger charge is -2.06. The van der Waals surface area contributed by atoms with Gasteiger partial charge in [-0.15, -0.1) is 0 Å². The first-order valence-corrected chi connectivity index (χ1v) is 8.95. The van der Waals surface area contributed by atoms with Crippen molar-refractivity contribution in [3.63, 3.8) is 0 Å². The Kier molecular flexibility index (Phi) is 4.54. The Bertz CT molecular complexity index is 1040. The summed E-state index contributed by atoms with van der Waals surface area (Å²) in [5, 5.41) is 3.95. The van der Waals surface area contributed by atoms with E-state index >= 15 is 0 Å². The van der Waals surface area contributed by atoms with E-state index in [1.807, 2.05) is 24.3 Å². The molecule has 4 aromatic rings. The van der Waals surface area contributed by atoms with Crippen LogP contribution < -0.4 is 0 Å². The average molecular weight is 362 g/mol. The minimum absolute atomic E-state index is 0.244. The van der Waals surface area contributed by atoms with Crippen molar-refractivity contribution in [1.29, 1.82) is 0 Å². The van der Waals surface area contributed by atoms with Crippen LogP contribution in [0.25, 0.3) is 22.8 Å². The first-order chi connectivity index (χ1) is 12.7. The highest BCUT2D eigenvalue weighted by Gasteiger charge is 2.16. The summed E-state index contributed by atoms with van der Waals surface area (Å²) in [6.07, 6.45) is 0. The summed E-state index contributed by atoms with van der Waals surface area (Å²) in [5.74, 6) is 0.244. The van der Waals surface area contributed by atoms with Gasteiger partial charge in [0.1, 0.15) is 5.82 Å². The lowest BCUT2D eigenvalue weighted by atomic mass is 10.2. The van der Waals surface area contributed by atoms with Crippen molar-refractivity contribution >= 4 is 11.8 Å². The van der Waals surface area contributed by atoms with Crippen molar-refractivity contribution in [2.75, 3.05) is 0 Å². The van der Waals surface area contributed by atoms with E-state index in [4.69, 9.17) is 4.52 Å². The van der Waals surface area contributed by atoms with Crippen LogP contribution in [-0.2, 0) is 0 Å². The fourth-order valence-corrected chi connectivity index (χ4v) is 3.49. The van der Waals surface area contributed by atoms with Crippen LogP contribution in [0.4, 0.5) is 4.39 Å². The van der Waals surface area contributed by atoms with Crippen molar-refractivity contribution in [3.8, 4) is 22.8 Å². The van der Waals surface area contributed by atoms with Gasteiger partial charge < -0.3 is 4.52 Å². The predicted molar refractivity (Wildman–Crippen MR) is 100 cm³/mol. The highest BCUT2D eigenvalue weighted by Crippen LogP contribution is 2.36. The van der Waals surface area contributed by atoms with E-state index in [1.165, 1.54) is 11.6 Å². The number of aryl methyl sites for hydroxylation is 1. The standard InChI is InChI=1S/C21H15FN2OS/c1-14-10-12-15(13-11-14)26-19-9-5-3-7-17(19)21-23-20(24-25-21)16-6-2-4-8-18(16)22/h2-13H,1H3. The molecule has 0 amide bonds. The average Bonchev–Trinajstić information content (AvgIpc) is 3.14. The zero-order valence-corrected chi connectivity index (χ0v) is 14.8. The van der Waals surface area contributed by atoms with Crippen LogP contribution in [-0.4, -0.2) is 10.1 Å². The first-order valence-electron chi connectivity index (χ1n) is 8.13. The molecular weight excluding hydrogens is 347 g/mol. The van der Waals surface area contributed by atoms with Crippen LogP contribution in [0.3, 0.4) is 0 Å². The summed E-state index contributed by atoms with van der Waals surface area (Å²) in [4.78, 5) is 6.52. The van der Waals surface area contributed by atoms with Gasteiger partial charge >= 0.3 is 0 Å². The van der Waals surface area contributed by atoms with Crippen LogP contribution in [0, 0.1) is 12.7 Å². The summed E-state index contributed by atoms with van der Waals surface area (Å²) in [7, 11) is 0. The Balaban J connectivity index is 1.69. The Hall–Kier alpha value is -2.92. The summed E-state index contributed by atoms with van der Waals surface area (Å²) in [5.41, 5.74) is 2.37. The molecule has 3 nitrogen and oxygen atoms in total. The van der Waals surface area contributed by atoms with E-state index in [-0.39, 0.29) is 11.6 Å². The summed E-state index contributed by atoms with van der Waals surface area (Å²) >= 11 is 1.62. The number of halogens is 1. The molecule has 4 rings (SSSR count). The highest BCUT2D eigenvalue weighted by atomic mass is 32.2. The second-order valence-corrected chi connectivity index (χ2v) is 6.93. The third-order valence-electron chi connectivity index (χ3n) is 3.91.